The first-order chi connectivity index (χ1) is 31.5. The van der Waals surface area contributed by atoms with Crippen LogP contribution in [-0.4, -0.2) is 37.2 Å². The number of unbranched alkanes of at least 4 members (excludes halogenated alkanes) is 40. The van der Waals surface area contributed by atoms with Gasteiger partial charge in [0.1, 0.15) is 13.2 Å². The zero-order chi connectivity index (χ0) is 46.5. The van der Waals surface area contributed by atoms with Gasteiger partial charge in [-0.2, -0.15) is 0 Å². The third kappa shape index (κ3) is 51.1. The fraction of sp³-hybridized carbons (Fsp3) is 0.914. The SMILES string of the molecule is CCCCCC/C=C\CCCCCCCC(=O)OC(COC(=O)CCCCCCCCCCCC)COC(=O)CCCCCCCCCCCCCCCCCCCCCCCCC. The van der Waals surface area contributed by atoms with Gasteiger partial charge in [-0.25, -0.2) is 0 Å². The van der Waals surface area contributed by atoms with Crippen molar-refractivity contribution in [1.29, 1.82) is 0 Å². The molecule has 0 N–H and O–H groups in total. The van der Waals surface area contributed by atoms with Crippen LogP contribution < -0.4 is 0 Å². The molecule has 0 aromatic rings. The molecule has 0 rings (SSSR count). The highest BCUT2D eigenvalue weighted by Crippen LogP contribution is 2.17. The maximum absolute atomic E-state index is 12.8. The molecule has 0 heterocycles. The monoisotopic (exact) mass is 903 g/mol. The molecule has 1 atom stereocenters. The fourth-order valence-electron chi connectivity index (χ4n) is 8.68. The summed E-state index contributed by atoms with van der Waals surface area (Å²) in [5.74, 6) is -0.858. The summed E-state index contributed by atoms with van der Waals surface area (Å²) in [6, 6.07) is 0. The maximum atomic E-state index is 12.8. The van der Waals surface area contributed by atoms with E-state index in [0.29, 0.717) is 19.3 Å². The van der Waals surface area contributed by atoms with Crippen LogP contribution in [0.1, 0.15) is 323 Å². The predicted molar refractivity (Wildman–Crippen MR) is 275 cm³/mol. The van der Waals surface area contributed by atoms with Gasteiger partial charge in [0, 0.05) is 19.3 Å². The number of hydrogen-bond donors (Lipinski definition) is 0. The highest BCUT2D eigenvalue weighted by molar-refractivity contribution is 5.71. The summed E-state index contributed by atoms with van der Waals surface area (Å²) in [5.41, 5.74) is 0. The van der Waals surface area contributed by atoms with Gasteiger partial charge >= 0.3 is 17.9 Å². The molecule has 64 heavy (non-hydrogen) atoms. The van der Waals surface area contributed by atoms with Crippen LogP contribution in [0.2, 0.25) is 0 Å². The maximum Gasteiger partial charge on any atom is 0.306 e. The van der Waals surface area contributed by atoms with Crippen molar-refractivity contribution >= 4 is 17.9 Å². The van der Waals surface area contributed by atoms with E-state index < -0.39 is 6.10 Å². The molecular formula is C58H110O6. The van der Waals surface area contributed by atoms with Gasteiger partial charge < -0.3 is 14.2 Å². The van der Waals surface area contributed by atoms with E-state index >= 15 is 0 Å². The second-order valence-corrected chi connectivity index (χ2v) is 19.6. The van der Waals surface area contributed by atoms with Crippen LogP contribution in [0, 0.1) is 0 Å². The number of esters is 3. The van der Waals surface area contributed by atoms with Gasteiger partial charge in [0.05, 0.1) is 0 Å². The summed E-state index contributed by atoms with van der Waals surface area (Å²) >= 11 is 0. The molecule has 0 aliphatic rings. The number of allylic oxidation sites excluding steroid dienone is 2. The van der Waals surface area contributed by atoms with E-state index in [4.69, 9.17) is 14.2 Å². The molecule has 0 amide bonds. The summed E-state index contributed by atoms with van der Waals surface area (Å²) in [6.45, 7) is 6.65. The molecule has 0 spiro atoms. The lowest BCUT2D eigenvalue weighted by Crippen LogP contribution is -2.30. The molecule has 0 aliphatic heterocycles. The Kier molecular flexibility index (Phi) is 52.2. The Morgan fingerprint density at radius 2 is 0.516 bits per heavy atom. The minimum Gasteiger partial charge on any atom is -0.462 e. The third-order valence-corrected chi connectivity index (χ3v) is 13.0. The van der Waals surface area contributed by atoms with E-state index in [9.17, 15) is 14.4 Å². The van der Waals surface area contributed by atoms with Crippen molar-refractivity contribution in [3.05, 3.63) is 12.2 Å². The molecule has 0 saturated carbocycles. The molecule has 6 nitrogen and oxygen atoms in total. The van der Waals surface area contributed by atoms with E-state index in [1.807, 2.05) is 0 Å². The van der Waals surface area contributed by atoms with Crippen molar-refractivity contribution in [3.8, 4) is 0 Å². The van der Waals surface area contributed by atoms with Gasteiger partial charge in [-0.15, -0.1) is 0 Å². The van der Waals surface area contributed by atoms with E-state index in [0.717, 1.165) is 64.2 Å². The average molecular weight is 904 g/mol. The molecule has 378 valence electrons. The van der Waals surface area contributed by atoms with Crippen LogP contribution in [0.3, 0.4) is 0 Å². The van der Waals surface area contributed by atoms with Crippen LogP contribution in [0.5, 0.6) is 0 Å². The molecule has 0 saturated heterocycles. The smallest absolute Gasteiger partial charge is 0.306 e. The van der Waals surface area contributed by atoms with E-state index in [1.165, 1.54) is 218 Å². The lowest BCUT2D eigenvalue weighted by molar-refractivity contribution is -0.167. The molecule has 0 fully saturated rings. The molecule has 0 aromatic carbocycles. The minimum atomic E-state index is -0.767. The normalized spacial score (nSPS) is 12.0. The number of hydrogen-bond acceptors (Lipinski definition) is 6. The second-order valence-electron chi connectivity index (χ2n) is 19.6. The number of ether oxygens (including phenoxy) is 3. The fourth-order valence-corrected chi connectivity index (χ4v) is 8.68. The van der Waals surface area contributed by atoms with Crippen molar-refractivity contribution in [2.45, 2.75) is 329 Å². The van der Waals surface area contributed by atoms with Gasteiger partial charge in [-0.1, -0.05) is 270 Å². The Morgan fingerprint density at radius 3 is 0.797 bits per heavy atom. The van der Waals surface area contributed by atoms with Crippen LogP contribution >= 0.6 is 0 Å². The topological polar surface area (TPSA) is 78.9 Å². The first-order valence-electron chi connectivity index (χ1n) is 28.7. The zero-order valence-corrected chi connectivity index (χ0v) is 43.3. The van der Waals surface area contributed by atoms with Crippen LogP contribution in [-0.2, 0) is 28.6 Å². The van der Waals surface area contributed by atoms with Gasteiger partial charge in [0.15, 0.2) is 6.10 Å². The van der Waals surface area contributed by atoms with Crippen LogP contribution in [0.15, 0.2) is 12.2 Å². The Morgan fingerprint density at radius 1 is 0.297 bits per heavy atom. The van der Waals surface area contributed by atoms with E-state index in [-0.39, 0.29) is 31.1 Å². The lowest BCUT2D eigenvalue weighted by Gasteiger charge is -2.18. The van der Waals surface area contributed by atoms with Gasteiger partial charge in [-0.3, -0.25) is 14.4 Å². The Hall–Kier alpha value is -1.85. The number of carbonyl (C=O) groups is 3. The molecule has 0 radical (unpaired) electrons. The molecular weight excluding hydrogens is 793 g/mol. The van der Waals surface area contributed by atoms with Crippen molar-refractivity contribution in [2.24, 2.45) is 0 Å². The van der Waals surface area contributed by atoms with Gasteiger partial charge in [0.2, 0.25) is 0 Å². The number of carbonyl (C=O) groups excluding carboxylic acids is 3. The Bertz CT molecular complexity index is 993. The summed E-state index contributed by atoms with van der Waals surface area (Å²) in [4.78, 5) is 38.0. The molecule has 0 bridgehead atoms. The largest absolute Gasteiger partial charge is 0.462 e. The minimum absolute atomic E-state index is 0.0679. The van der Waals surface area contributed by atoms with Crippen molar-refractivity contribution in [2.75, 3.05) is 13.2 Å². The molecule has 0 aromatic heterocycles. The van der Waals surface area contributed by atoms with Crippen LogP contribution in [0.25, 0.3) is 0 Å². The average Bonchev–Trinajstić information content (AvgIpc) is 3.29. The van der Waals surface area contributed by atoms with Crippen molar-refractivity contribution in [3.63, 3.8) is 0 Å². The van der Waals surface area contributed by atoms with Gasteiger partial charge in [-0.05, 0) is 44.9 Å². The summed E-state index contributed by atoms with van der Waals surface area (Å²) in [6.07, 6.45) is 60.7. The first-order valence-corrected chi connectivity index (χ1v) is 28.7. The quantitative estimate of drug-likeness (QED) is 0.0262. The standard InChI is InChI=1S/C58H110O6/c1-4-7-10-13-16-19-22-24-25-26-27-28-29-30-31-32-33-35-36-39-42-45-48-51-57(60)63-54-55(53-62-56(59)50-47-44-41-38-21-18-15-12-9-6-3)64-58(61)52-49-46-43-40-37-34-23-20-17-14-11-8-5-2/h20,23,55H,4-19,21-22,24-54H2,1-3H3/b23-20-. The molecule has 0 aliphatic carbocycles. The van der Waals surface area contributed by atoms with Crippen molar-refractivity contribution in [1.82, 2.24) is 0 Å². The van der Waals surface area contributed by atoms with E-state index in [2.05, 4.69) is 32.9 Å². The number of rotatable bonds is 53. The summed E-state index contributed by atoms with van der Waals surface area (Å²) in [7, 11) is 0. The highest BCUT2D eigenvalue weighted by Gasteiger charge is 2.19. The predicted octanol–water partition coefficient (Wildman–Crippen LogP) is 18.9. The zero-order valence-electron chi connectivity index (χ0n) is 43.3. The first kappa shape index (κ1) is 62.1. The Balaban J connectivity index is 4.17. The third-order valence-electron chi connectivity index (χ3n) is 13.0. The highest BCUT2D eigenvalue weighted by atomic mass is 16.6. The summed E-state index contributed by atoms with van der Waals surface area (Å²) < 4.78 is 16.8. The molecule has 6 heteroatoms. The molecule has 1 unspecified atom stereocenters. The van der Waals surface area contributed by atoms with E-state index in [1.54, 1.807) is 0 Å². The van der Waals surface area contributed by atoms with Crippen molar-refractivity contribution < 1.29 is 28.6 Å². The lowest BCUT2D eigenvalue weighted by atomic mass is 10.0. The van der Waals surface area contributed by atoms with Gasteiger partial charge in [0.25, 0.3) is 0 Å². The van der Waals surface area contributed by atoms with Crippen LogP contribution in [0.4, 0.5) is 0 Å². The Labute approximate surface area is 399 Å². The second kappa shape index (κ2) is 53.8. The summed E-state index contributed by atoms with van der Waals surface area (Å²) in [5, 5.41) is 0.